The summed E-state index contributed by atoms with van der Waals surface area (Å²) in [6.07, 6.45) is 0. The molecule has 4 aromatic carbocycles. The van der Waals surface area contributed by atoms with E-state index in [1.165, 1.54) is 33.4 Å². The third kappa shape index (κ3) is 3.08. The quantitative estimate of drug-likeness (QED) is 0.349. The summed E-state index contributed by atoms with van der Waals surface area (Å²) in [5.41, 5.74) is 7.05. The summed E-state index contributed by atoms with van der Waals surface area (Å²) in [4.78, 5) is 2.24. The number of aliphatic hydroxyl groups is 2. The molecule has 0 radical (unpaired) electrons. The van der Waals surface area contributed by atoms with Gasteiger partial charge < -0.3 is 19.7 Å². The van der Waals surface area contributed by atoms with Gasteiger partial charge in [0.25, 0.3) is 0 Å². The number of benzene rings is 4. The minimum atomic E-state index is -0.450. The van der Waals surface area contributed by atoms with Crippen LogP contribution in [-0.4, -0.2) is 36.6 Å². The fraction of sp³-hybridized carbons (Fsp3) is 0.172. The lowest BCUT2D eigenvalue weighted by molar-refractivity contribution is 0.201. The molecule has 0 aromatic heterocycles. The number of fused-ring (bicyclic) bond motifs is 9. The lowest BCUT2D eigenvalue weighted by Crippen LogP contribution is -2.32. The van der Waals surface area contributed by atoms with Crippen LogP contribution in [0.2, 0.25) is 0 Å². The first-order valence-corrected chi connectivity index (χ1v) is 12.2. The van der Waals surface area contributed by atoms with Crippen molar-refractivity contribution in [1.29, 1.82) is 0 Å². The predicted molar refractivity (Wildman–Crippen MR) is 133 cm³/mol. The summed E-state index contributed by atoms with van der Waals surface area (Å²) < 4.78 is 11.5. The van der Waals surface area contributed by atoms with Crippen LogP contribution in [0.4, 0.5) is 0 Å². The number of aliphatic hydroxyl groups excluding tert-OH is 2. The van der Waals surface area contributed by atoms with Crippen molar-refractivity contribution in [3.05, 3.63) is 107 Å². The van der Waals surface area contributed by atoms with E-state index in [-0.39, 0.29) is 26.4 Å². The van der Waals surface area contributed by atoms with E-state index < -0.39 is 5.41 Å². The van der Waals surface area contributed by atoms with E-state index in [4.69, 9.17) is 9.47 Å². The van der Waals surface area contributed by atoms with Crippen LogP contribution in [-0.2, 0) is 5.41 Å². The molecule has 0 bridgehead atoms. The van der Waals surface area contributed by atoms with Crippen molar-refractivity contribution in [1.82, 2.24) is 0 Å². The van der Waals surface area contributed by atoms with Crippen molar-refractivity contribution >= 4 is 11.8 Å². The fourth-order valence-corrected chi connectivity index (χ4v) is 6.63. The molecule has 34 heavy (non-hydrogen) atoms. The van der Waals surface area contributed by atoms with Crippen molar-refractivity contribution in [2.45, 2.75) is 15.2 Å². The van der Waals surface area contributed by atoms with Crippen LogP contribution < -0.4 is 9.47 Å². The van der Waals surface area contributed by atoms with Crippen molar-refractivity contribution < 1.29 is 19.7 Å². The molecule has 0 fully saturated rings. The maximum absolute atomic E-state index is 9.22. The molecule has 2 aliphatic rings. The summed E-state index contributed by atoms with van der Waals surface area (Å²) in [7, 11) is 0. The molecule has 2 N–H and O–H groups in total. The van der Waals surface area contributed by atoms with E-state index in [0.29, 0.717) is 0 Å². The lowest BCUT2D eigenvalue weighted by atomic mass is 9.67. The van der Waals surface area contributed by atoms with Gasteiger partial charge in [-0.05, 0) is 57.6 Å². The van der Waals surface area contributed by atoms with Gasteiger partial charge in [0.1, 0.15) is 24.7 Å². The second-order valence-electron chi connectivity index (χ2n) is 8.40. The highest BCUT2D eigenvalue weighted by Gasteiger charge is 2.50. The van der Waals surface area contributed by atoms with Gasteiger partial charge in [-0.1, -0.05) is 72.4 Å². The predicted octanol–water partition coefficient (Wildman–Crippen LogP) is 5.26. The maximum Gasteiger partial charge on any atom is 0.120 e. The summed E-state index contributed by atoms with van der Waals surface area (Å²) in [5.74, 6) is 1.48. The highest BCUT2D eigenvalue weighted by Crippen LogP contribution is 2.62. The molecular weight excluding hydrogens is 444 g/mol. The Morgan fingerprint density at radius 3 is 1.53 bits per heavy atom. The molecule has 1 aliphatic heterocycles. The molecule has 5 heteroatoms. The summed E-state index contributed by atoms with van der Waals surface area (Å²) in [5, 5.41) is 18.4. The van der Waals surface area contributed by atoms with Gasteiger partial charge in [0.05, 0.1) is 18.6 Å². The molecule has 4 aromatic rings. The Morgan fingerprint density at radius 2 is 1.06 bits per heavy atom. The smallest absolute Gasteiger partial charge is 0.120 e. The number of hydrogen-bond acceptors (Lipinski definition) is 5. The monoisotopic (exact) mass is 468 g/mol. The second kappa shape index (κ2) is 8.51. The standard InChI is InChI=1S/C29H24O4S/c30-13-15-32-19-9-11-25-27(17-19)34-28-18-20(33-16-14-31)10-12-26(28)29(25)23-7-3-1-5-21(23)22-6-2-4-8-24(22)29/h1-12,17-18,30-31H,13-16H2. The summed E-state index contributed by atoms with van der Waals surface area (Å²) in [6.45, 7) is 0.471. The molecule has 1 heterocycles. The maximum atomic E-state index is 9.22. The molecular formula is C29H24O4S. The molecule has 1 aliphatic carbocycles. The SMILES string of the molecule is OCCOc1ccc2c(c1)Sc1cc(OCCO)ccc1C21c2ccccc2-c2ccccc21. The van der Waals surface area contributed by atoms with Crippen molar-refractivity contribution in [3.63, 3.8) is 0 Å². The summed E-state index contributed by atoms with van der Waals surface area (Å²) >= 11 is 1.70. The molecule has 0 amide bonds. The largest absolute Gasteiger partial charge is 0.491 e. The molecule has 0 saturated carbocycles. The summed E-state index contributed by atoms with van der Waals surface area (Å²) in [6, 6.07) is 29.8. The first-order chi connectivity index (χ1) is 16.8. The Balaban J connectivity index is 1.64. The lowest BCUT2D eigenvalue weighted by Gasteiger charge is -2.39. The minimum absolute atomic E-state index is 0.0245. The van der Waals surface area contributed by atoms with Gasteiger partial charge in [-0.25, -0.2) is 0 Å². The Morgan fingerprint density at radius 1 is 0.588 bits per heavy atom. The van der Waals surface area contributed by atoms with Crippen LogP contribution in [0.15, 0.2) is 94.7 Å². The van der Waals surface area contributed by atoms with Gasteiger partial charge >= 0.3 is 0 Å². The Bertz CT molecular complexity index is 1280. The molecule has 4 nitrogen and oxygen atoms in total. The molecule has 0 unspecified atom stereocenters. The van der Waals surface area contributed by atoms with Crippen LogP contribution in [0.1, 0.15) is 22.3 Å². The zero-order valence-electron chi connectivity index (χ0n) is 18.5. The molecule has 0 saturated heterocycles. The highest BCUT2D eigenvalue weighted by molar-refractivity contribution is 7.99. The van der Waals surface area contributed by atoms with Gasteiger partial charge in [-0.15, -0.1) is 0 Å². The third-order valence-electron chi connectivity index (χ3n) is 6.61. The first-order valence-electron chi connectivity index (χ1n) is 11.4. The van der Waals surface area contributed by atoms with Crippen molar-refractivity contribution in [2.75, 3.05) is 26.4 Å². The Labute approximate surface area is 202 Å². The van der Waals surface area contributed by atoms with Gasteiger partial charge in [-0.3, -0.25) is 0 Å². The van der Waals surface area contributed by atoms with Gasteiger partial charge in [-0.2, -0.15) is 0 Å². The zero-order valence-corrected chi connectivity index (χ0v) is 19.3. The molecule has 1 spiro atoms. The van der Waals surface area contributed by atoms with Crippen LogP contribution in [0.3, 0.4) is 0 Å². The topological polar surface area (TPSA) is 58.9 Å². The van der Waals surface area contributed by atoms with Crippen molar-refractivity contribution in [3.8, 4) is 22.6 Å². The molecule has 170 valence electrons. The minimum Gasteiger partial charge on any atom is -0.491 e. The van der Waals surface area contributed by atoms with E-state index in [2.05, 4.69) is 72.8 Å². The molecule has 6 rings (SSSR count). The van der Waals surface area contributed by atoms with Gasteiger partial charge in [0, 0.05) is 9.79 Å². The Kier molecular flexibility index (Phi) is 5.33. The average Bonchev–Trinajstić information content (AvgIpc) is 3.17. The number of hydrogen-bond donors (Lipinski definition) is 2. The zero-order chi connectivity index (χ0) is 23.1. The van der Waals surface area contributed by atoms with E-state index in [1.807, 2.05) is 12.1 Å². The molecule has 0 atom stereocenters. The first kappa shape index (κ1) is 21.3. The number of rotatable bonds is 6. The van der Waals surface area contributed by atoms with Gasteiger partial charge in [0.15, 0.2) is 0 Å². The van der Waals surface area contributed by atoms with Crippen LogP contribution >= 0.6 is 11.8 Å². The van der Waals surface area contributed by atoms with Crippen LogP contribution in [0, 0.1) is 0 Å². The third-order valence-corrected chi connectivity index (χ3v) is 7.72. The van der Waals surface area contributed by atoms with E-state index in [1.54, 1.807) is 11.8 Å². The van der Waals surface area contributed by atoms with Gasteiger partial charge in [0.2, 0.25) is 0 Å². The van der Waals surface area contributed by atoms with Crippen LogP contribution in [0.5, 0.6) is 11.5 Å². The average molecular weight is 469 g/mol. The second-order valence-corrected chi connectivity index (χ2v) is 9.49. The van der Waals surface area contributed by atoms with E-state index in [0.717, 1.165) is 21.3 Å². The normalized spacial score (nSPS) is 14.2. The fourth-order valence-electron chi connectivity index (χ4n) is 5.38. The Hall–Kier alpha value is -3.25. The van der Waals surface area contributed by atoms with E-state index >= 15 is 0 Å². The number of ether oxygens (including phenoxy) is 2. The van der Waals surface area contributed by atoms with Crippen LogP contribution in [0.25, 0.3) is 11.1 Å². The van der Waals surface area contributed by atoms with E-state index in [9.17, 15) is 10.2 Å². The highest BCUT2D eigenvalue weighted by atomic mass is 32.2. The van der Waals surface area contributed by atoms with Crippen molar-refractivity contribution in [2.24, 2.45) is 0 Å².